The van der Waals surface area contributed by atoms with Gasteiger partial charge in [-0.25, -0.2) is 0 Å². The molecule has 0 N–H and O–H groups in total. The molecule has 78 valence electrons. The largest absolute Gasteiger partial charge is 0.387 e. The Labute approximate surface area is 86.5 Å². The van der Waals surface area contributed by atoms with Crippen LogP contribution in [0, 0.1) is 16.0 Å². The zero-order valence-electron chi connectivity index (χ0n) is 8.16. The summed E-state index contributed by atoms with van der Waals surface area (Å²) in [5, 5.41) is 14.5. The summed E-state index contributed by atoms with van der Waals surface area (Å²) in [5.74, 6) is 0.0612. The van der Waals surface area contributed by atoms with E-state index in [9.17, 15) is 10.1 Å². The van der Waals surface area contributed by atoms with Gasteiger partial charge in [-0.15, -0.1) is 0 Å². The van der Waals surface area contributed by atoms with Gasteiger partial charge in [0.25, 0.3) is 5.69 Å². The first-order chi connectivity index (χ1) is 7.20. The van der Waals surface area contributed by atoms with Crippen molar-refractivity contribution < 1.29 is 9.76 Å². The molecule has 0 radical (unpaired) electrons. The monoisotopic (exact) mass is 206 g/mol. The van der Waals surface area contributed by atoms with E-state index in [2.05, 4.69) is 5.16 Å². The summed E-state index contributed by atoms with van der Waals surface area (Å²) in [7, 11) is 0. The predicted molar refractivity (Wildman–Crippen MR) is 54.6 cm³/mol. The molecule has 0 aliphatic carbocycles. The zero-order chi connectivity index (χ0) is 10.8. The molecule has 0 bridgehead atoms. The maximum atomic E-state index is 10.8. The van der Waals surface area contributed by atoms with Crippen molar-refractivity contribution in [1.82, 2.24) is 0 Å². The van der Waals surface area contributed by atoms with Gasteiger partial charge in [-0.2, -0.15) is 0 Å². The molecule has 1 aromatic carbocycles. The summed E-state index contributed by atoms with van der Waals surface area (Å²) in [6.07, 6.45) is 1.31. The Balaban J connectivity index is 2.39. The molecule has 1 aliphatic heterocycles. The number of benzene rings is 1. The van der Waals surface area contributed by atoms with Crippen molar-refractivity contribution in [3.05, 3.63) is 39.9 Å². The maximum absolute atomic E-state index is 10.8. The van der Waals surface area contributed by atoms with Crippen LogP contribution in [-0.4, -0.2) is 11.1 Å². The van der Waals surface area contributed by atoms with Crippen LogP contribution in [0.2, 0.25) is 0 Å². The SMILES string of the molecule is CC1C=NOC1c1ccccc1[N+](=O)[O-]. The third-order valence-electron chi connectivity index (χ3n) is 2.39. The van der Waals surface area contributed by atoms with Crippen LogP contribution in [0.15, 0.2) is 29.4 Å². The summed E-state index contributed by atoms with van der Waals surface area (Å²) in [6, 6.07) is 6.58. The van der Waals surface area contributed by atoms with Crippen molar-refractivity contribution in [1.29, 1.82) is 0 Å². The van der Waals surface area contributed by atoms with Crippen molar-refractivity contribution in [2.45, 2.75) is 13.0 Å². The van der Waals surface area contributed by atoms with Gasteiger partial charge < -0.3 is 4.84 Å². The molecule has 0 fully saturated rings. The smallest absolute Gasteiger partial charge is 0.276 e. The highest BCUT2D eigenvalue weighted by Crippen LogP contribution is 2.34. The summed E-state index contributed by atoms with van der Waals surface area (Å²) < 4.78 is 0. The van der Waals surface area contributed by atoms with Gasteiger partial charge in [0.05, 0.1) is 16.7 Å². The van der Waals surface area contributed by atoms with Gasteiger partial charge in [0.2, 0.25) is 0 Å². The Morgan fingerprint density at radius 3 is 2.80 bits per heavy atom. The molecule has 1 heterocycles. The van der Waals surface area contributed by atoms with Gasteiger partial charge >= 0.3 is 0 Å². The van der Waals surface area contributed by atoms with Gasteiger partial charge in [0.1, 0.15) is 0 Å². The summed E-state index contributed by atoms with van der Waals surface area (Å²) >= 11 is 0. The van der Waals surface area contributed by atoms with E-state index in [4.69, 9.17) is 4.84 Å². The van der Waals surface area contributed by atoms with Crippen LogP contribution in [-0.2, 0) is 4.84 Å². The molecule has 0 spiro atoms. The molecule has 5 heteroatoms. The number of nitrogens with zero attached hydrogens (tertiary/aromatic N) is 2. The lowest BCUT2D eigenvalue weighted by atomic mass is 9.98. The minimum Gasteiger partial charge on any atom is -0.387 e. The zero-order valence-corrected chi connectivity index (χ0v) is 8.16. The number of para-hydroxylation sites is 1. The average molecular weight is 206 g/mol. The second-order valence-electron chi connectivity index (χ2n) is 3.46. The van der Waals surface area contributed by atoms with Gasteiger partial charge in [-0.3, -0.25) is 10.1 Å². The van der Waals surface area contributed by atoms with E-state index < -0.39 is 4.92 Å². The molecule has 0 saturated carbocycles. The molecule has 1 aliphatic rings. The van der Waals surface area contributed by atoms with E-state index in [1.54, 1.807) is 24.4 Å². The van der Waals surface area contributed by atoms with E-state index in [1.807, 2.05) is 6.92 Å². The first kappa shape index (κ1) is 9.64. The van der Waals surface area contributed by atoms with Crippen molar-refractivity contribution in [3.63, 3.8) is 0 Å². The number of nitro benzene ring substituents is 1. The summed E-state index contributed by atoms with van der Waals surface area (Å²) in [5.41, 5.74) is 0.660. The molecule has 0 saturated heterocycles. The molecule has 2 rings (SSSR count). The van der Waals surface area contributed by atoms with Crippen LogP contribution in [0.3, 0.4) is 0 Å². The van der Waals surface area contributed by atoms with E-state index in [1.165, 1.54) is 6.07 Å². The van der Waals surface area contributed by atoms with Gasteiger partial charge in [-0.05, 0) is 6.07 Å². The lowest BCUT2D eigenvalue weighted by Crippen LogP contribution is -2.08. The highest BCUT2D eigenvalue weighted by atomic mass is 16.6. The molecule has 0 aromatic heterocycles. The average Bonchev–Trinajstić information content (AvgIpc) is 2.64. The minimum atomic E-state index is -0.399. The number of nitro groups is 1. The lowest BCUT2D eigenvalue weighted by Gasteiger charge is -2.12. The summed E-state index contributed by atoms with van der Waals surface area (Å²) in [6.45, 7) is 1.91. The Bertz CT molecular complexity index is 417. The van der Waals surface area contributed by atoms with E-state index >= 15 is 0 Å². The quantitative estimate of drug-likeness (QED) is 0.550. The summed E-state index contributed by atoms with van der Waals surface area (Å²) in [4.78, 5) is 15.5. The first-order valence-electron chi connectivity index (χ1n) is 4.63. The molecule has 1 aromatic rings. The number of oxime groups is 1. The molecular formula is C10H10N2O3. The topological polar surface area (TPSA) is 64.7 Å². The Kier molecular flexibility index (Phi) is 2.37. The fourth-order valence-electron chi connectivity index (χ4n) is 1.61. The van der Waals surface area contributed by atoms with Crippen LogP contribution >= 0.6 is 0 Å². The molecule has 0 amide bonds. The first-order valence-corrected chi connectivity index (χ1v) is 4.63. The Morgan fingerprint density at radius 2 is 2.20 bits per heavy atom. The molecule has 2 unspecified atom stereocenters. The van der Waals surface area contributed by atoms with Crippen LogP contribution in [0.4, 0.5) is 5.69 Å². The fourth-order valence-corrected chi connectivity index (χ4v) is 1.61. The fraction of sp³-hybridized carbons (Fsp3) is 0.300. The highest BCUT2D eigenvalue weighted by Gasteiger charge is 2.30. The van der Waals surface area contributed by atoms with Gasteiger partial charge in [0.15, 0.2) is 6.10 Å². The molecular weight excluding hydrogens is 196 g/mol. The van der Waals surface area contributed by atoms with Crippen molar-refractivity contribution in [2.24, 2.45) is 11.1 Å². The van der Waals surface area contributed by atoms with E-state index in [-0.39, 0.29) is 17.7 Å². The molecule has 5 nitrogen and oxygen atoms in total. The third kappa shape index (κ3) is 1.68. The highest BCUT2D eigenvalue weighted by molar-refractivity contribution is 5.63. The minimum absolute atomic E-state index is 0.0612. The third-order valence-corrected chi connectivity index (χ3v) is 2.39. The number of hydrogen-bond donors (Lipinski definition) is 0. The Hall–Kier alpha value is -1.91. The van der Waals surface area contributed by atoms with Crippen molar-refractivity contribution in [2.75, 3.05) is 0 Å². The second-order valence-corrected chi connectivity index (χ2v) is 3.46. The van der Waals surface area contributed by atoms with Crippen LogP contribution in [0.1, 0.15) is 18.6 Å². The van der Waals surface area contributed by atoms with Gasteiger partial charge in [0, 0.05) is 12.0 Å². The van der Waals surface area contributed by atoms with Gasteiger partial charge in [-0.1, -0.05) is 24.2 Å². The number of hydrogen-bond acceptors (Lipinski definition) is 4. The maximum Gasteiger partial charge on any atom is 0.276 e. The van der Waals surface area contributed by atoms with E-state index in [0.717, 1.165) is 0 Å². The van der Waals surface area contributed by atoms with Crippen LogP contribution in [0.25, 0.3) is 0 Å². The predicted octanol–water partition coefficient (Wildman–Crippen LogP) is 2.29. The molecule has 2 atom stereocenters. The number of rotatable bonds is 2. The van der Waals surface area contributed by atoms with Crippen molar-refractivity contribution >= 4 is 11.9 Å². The Morgan fingerprint density at radius 1 is 1.47 bits per heavy atom. The van der Waals surface area contributed by atoms with Crippen molar-refractivity contribution in [3.8, 4) is 0 Å². The standard InChI is InChI=1S/C10H10N2O3/c1-7-6-11-15-10(7)8-4-2-3-5-9(8)12(13)14/h2-7,10H,1H3. The lowest BCUT2D eigenvalue weighted by molar-refractivity contribution is -0.386. The normalized spacial score (nSPS) is 23.8. The van der Waals surface area contributed by atoms with Crippen LogP contribution < -0.4 is 0 Å². The second kappa shape index (κ2) is 3.68. The molecule has 15 heavy (non-hydrogen) atoms. The van der Waals surface area contributed by atoms with E-state index in [0.29, 0.717) is 5.56 Å². The van der Waals surface area contributed by atoms with Crippen LogP contribution in [0.5, 0.6) is 0 Å².